The molecule has 1 aliphatic rings. The molecular formula is C9H12F3N3. The molecule has 1 aromatic heterocycles. The van der Waals surface area contributed by atoms with Gasteiger partial charge in [0.25, 0.3) is 0 Å². The Morgan fingerprint density at radius 2 is 2.20 bits per heavy atom. The van der Waals surface area contributed by atoms with Crippen molar-refractivity contribution in [2.24, 2.45) is 0 Å². The number of nitrogens with one attached hydrogen (secondary N) is 1. The van der Waals surface area contributed by atoms with E-state index in [-0.39, 0.29) is 0 Å². The molecule has 2 rings (SSSR count). The summed E-state index contributed by atoms with van der Waals surface area (Å²) >= 11 is 0. The van der Waals surface area contributed by atoms with E-state index < -0.39 is 12.7 Å². The highest BCUT2D eigenvalue weighted by Crippen LogP contribution is 2.23. The van der Waals surface area contributed by atoms with Crippen molar-refractivity contribution in [3.05, 3.63) is 17.2 Å². The highest BCUT2D eigenvalue weighted by atomic mass is 19.4. The fourth-order valence-electron chi connectivity index (χ4n) is 1.89. The highest BCUT2D eigenvalue weighted by molar-refractivity contribution is 5.19. The number of imidazole rings is 1. The van der Waals surface area contributed by atoms with Crippen LogP contribution in [0.2, 0.25) is 0 Å². The van der Waals surface area contributed by atoms with E-state index in [2.05, 4.69) is 10.3 Å². The van der Waals surface area contributed by atoms with Gasteiger partial charge in [-0.25, -0.2) is 4.98 Å². The van der Waals surface area contributed by atoms with Gasteiger partial charge < -0.3 is 9.88 Å². The zero-order chi connectivity index (χ0) is 11.1. The van der Waals surface area contributed by atoms with Gasteiger partial charge in [0.15, 0.2) is 0 Å². The van der Waals surface area contributed by atoms with Gasteiger partial charge in [-0.3, -0.25) is 0 Å². The van der Waals surface area contributed by atoms with Gasteiger partial charge in [0, 0.05) is 25.2 Å². The van der Waals surface area contributed by atoms with Crippen molar-refractivity contribution in [1.29, 1.82) is 0 Å². The molecule has 0 saturated carbocycles. The summed E-state index contributed by atoms with van der Waals surface area (Å²) in [6, 6.07) is 0. The normalized spacial score (nSPS) is 16.5. The molecule has 1 N–H and O–H groups in total. The summed E-state index contributed by atoms with van der Waals surface area (Å²) in [5.41, 5.74) is 1.48. The van der Waals surface area contributed by atoms with Crippen LogP contribution < -0.4 is 5.32 Å². The van der Waals surface area contributed by atoms with Gasteiger partial charge in [-0.2, -0.15) is 13.2 Å². The molecule has 6 heteroatoms. The molecule has 1 aromatic rings. The van der Waals surface area contributed by atoms with E-state index in [0.29, 0.717) is 18.8 Å². The molecule has 0 amide bonds. The first-order valence-corrected chi connectivity index (χ1v) is 4.80. The molecule has 1 aliphatic heterocycles. The van der Waals surface area contributed by atoms with Crippen LogP contribution in [0.25, 0.3) is 0 Å². The topological polar surface area (TPSA) is 29.9 Å². The SMILES string of the molecule is Cc1nc2c(n1CC(F)(F)F)CCNC2. The summed E-state index contributed by atoms with van der Waals surface area (Å²) in [6.07, 6.45) is -3.56. The number of nitrogens with zero attached hydrogens (tertiary/aromatic N) is 2. The first-order valence-electron chi connectivity index (χ1n) is 4.80. The molecule has 84 valence electrons. The molecule has 0 aliphatic carbocycles. The zero-order valence-corrected chi connectivity index (χ0v) is 8.36. The number of rotatable bonds is 1. The number of hydrogen-bond acceptors (Lipinski definition) is 2. The lowest BCUT2D eigenvalue weighted by atomic mass is 10.2. The third kappa shape index (κ3) is 2.14. The Labute approximate surface area is 85.3 Å². The van der Waals surface area contributed by atoms with Crippen LogP contribution in [0, 0.1) is 6.92 Å². The van der Waals surface area contributed by atoms with Crippen molar-refractivity contribution < 1.29 is 13.2 Å². The van der Waals surface area contributed by atoms with Crippen LogP contribution in [-0.4, -0.2) is 22.3 Å². The maximum atomic E-state index is 12.3. The van der Waals surface area contributed by atoms with Gasteiger partial charge in [0.2, 0.25) is 0 Å². The van der Waals surface area contributed by atoms with Gasteiger partial charge in [0.05, 0.1) is 5.69 Å². The van der Waals surface area contributed by atoms with Gasteiger partial charge in [0.1, 0.15) is 12.4 Å². The number of hydrogen-bond donors (Lipinski definition) is 1. The maximum absolute atomic E-state index is 12.3. The van der Waals surface area contributed by atoms with E-state index in [1.54, 1.807) is 6.92 Å². The summed E-state index contributed by atoms with van der Waals surface area (Å²) < 4.78 is 38.2. The van der Waals surface area contributed by atoms with Crippen LogP contribution in [0.3, 0.4) is 0 Å². The molecule has 0 unspecified atom stereocenters. The number of alkyl halides is 3. The van der Waals surface area contributed by atoms with E-state index in [0.717, 1.165) is 17.9 Å². The van der Waals surface area contributed by atoms with Crippen LogP contribution in [0.1, 0.15) is 17.2 Å². The number of halogens is 3. The van der Waals surface area contributed by atoms with Gasteiger partial charge >= 0.3 is 6.18 Å². The molecule has 0 bridgehead atoms. The van der Waals surface area contributed by atoms with Crippen molar-refractivity contribution in [1.82, 2.24) is 14.9 Å². The number of aryl methyl sites for hydroxylation is 1. The van der Waals surface area contributed by atoms with Gasteiger partial charge in [-0.15, -0.1) is 0 Å². The Morgan fingerprint density at radius 3 is 2.87 bits per heavy atom. The highest BCUT2D eigenvalue weighted by Gasteiger charge is 2.31. The van der Waals surface area contributed by atoms with E-state index in [4.69, 9.17) is 0 Å². The third-order valence-corrected chi connectivity index (χ3v) is 2.51. The van der Waals surface area contributed by atoms with Crippen LogP contribution in [0.15, 0.2) is 0 Å². The maximum Gasteiger partial charge on any atom is 0.406 e. The predicted octanol–water partition coefficient (Wildman–Crippen LogP) is 1.40. The van der Waals surface area contributed by atoms with Gasteiger partial charge in [-0.1, -0.05) is 0 Å². The molecule has 15 heavy (non-hydrogen) atoms. The second kappa shape index (κ2) is 3.52. The molecule has 0 aromatic carbocycles. The summed E-state index contributed by atoms with van der Waals surface area (Å²) in [5.74, 6) is 0.445. The summed E-state index contributed by atoms with van der Waals surface area (Å²) in [4.78, 5) is 4.14. The lowest BCUT2D eigenvalue weighted by molar-refractivity contribution is -0.141. The Hall–Kier alpha value is -1.04. The van der Waals surface area contributed by atoms with Crippen molar-refractivity contribution in [2.75, 3.05) is 6.54 Å². The van der Waals surface area contributed by atoms with Crippen LogP contribution in [0.4, 0.5) is 13.2 Å². The molecule has 3 nitrogen and oxygen atoms in total. The molecular weight excluding hydrogens is 207 g/mol. The second-order valence-electron chi connectivity index (χ2n) is 3.68. The van der Waals surface area contributed by atoms with Crippen LogP contribution in [0.5, 0.6) is 0 Å². The van der Waals surface area contributed by atoms with Crippen molar-refractivity contribution in [3.63, 3.8) is 0 Å². The summed E-state index contributed by atoms with van der Waals surface area (Å²) in [7, 11) is 0. The van der Waals surface area contributed by atoms with Crippen molar-refractivity contribution in [3.8, 4) is 0 Å². The van der Waals surface area contributed by atoms with Crippen LogP contribution in [-0.2, 0) is 19.5 Å². The minimum atomic E-state index is -4.18. The average molecular weight is 219 g/mol. The van der Waals surface area contributed by atoms with E-state index >= 15 is 0 Å². The molecule has 0 fully saturated rings. The largest absolute Gasteiger partial charge is 0.406 e. The summed E-state index contributed by atoms with van der Waals surface area (Å²) in [5, 5.41) is 3.09. The molecule has 2 heterocycles. The summed E-state index contributed by atoms with van der Waals surface area (Å²) in [6.45, 7) is 1.97. The minimum absolute atomic E-state index is 0.445. The Balaban J connectivity index is 2.34. The smallest absolute Gasteiger partial charge is 0.323 e. The molecule has 0 spiro atoms. The average Bonchev–Trinajstić information content (AvgIpc) is 2.41. The van der Waals surface area contributed by atoms with E-state index in [1.807, 2.05) is 0 Å². The predicted molar refractivity (Wildman–Crippen MR) is 48.4 cm³/mol. The second-order valence-corrected chi connectivity index (χ2v) is 3.68. The minimum Gasteiger partial charge on any atom is -0.323 e. The zero-order valence-electron chi connectivity index (χ0n) is 8.36. The standard InChI is InChI=1S/C9H12F3N3/c1-6-14-7-4-13-3-2-8(7)15(6)5-9(10,11)12/h13H,2-5H2,1H3. The lowest BCUT2D eigenvalue weighted by Gasteiger charge is -2.16. The fourth-order valence-corrected chi connectivity index (χ4v) is 1.89. The Kier molecular flexibility index (Phi) is 2.46. The van der Waals surface area contributed by atoms with Gasteiger partial charge in [-0.05, 0) is 6.92 Å². The van der Waals surface area contributed by atoms with Crippen molar-refractivity contribution in [2.45, 2.75) is 32.6 Å². The molecule has 0 saturated heterocycles. The van der Waals surface area contributed by atoms with Crippen molar-refractivity contribution >= 4 is 0 Å². The Morgan fingerprint density at radius 1 is 1.47 bits per heavy atom. The van der Waals surface area contributed by atoms with E-state index in [9.17, 15) is 13.2 Å². The lowest BCUT2D eigenvalue weighted by Crippen LogP contribution is -2.27. The quantitative estimate of drug-likeness (QED) is 0.773. The van der Waals surface area contributed by atoms with Crippen LogP contribution >= 0.6 is 0 Å². The molecule has 0 radical (unpaired) electrons. The third-order valence-electron chi connectivity index (χ3n) is 2.51. The molecule has 0 atom stereocenters. The first-order chi connectivity index (χ1) is 6.97. The first kappa shape index (κ1) is 10.5. The van der Waals surface area contributed by atoms with E-state index in [1.165, 1.54) is 4.57 Å². The fraction of sp³-hybridized carbons (Fsp3) is 0.667. The monoisotopic (exact) mass is 219 g/mol. The Bertz CT molecular complexity index is 367. The number of aromatic nitrogens is 2. The number of fused-ring (bicyclic) bond motifs is 1.